The van der Waals surface area contributed by atoms with E-state index in [1.54, 1.807) is 4.90 Å². The standard InChI is InChI=1S/C17H26N4O3/c1-17(2,3)24-16(23)21-9-8-12-13(10-21)19-20-14(12)18-15(22)11-6-4-5-7-11/h11H,4-10H2,1-3H3,(H2,18,19,20,22). The minimum atomic E-state index is -0.508. The fraction of sp³-hybridized carbons (Fsp3) is 0.706. The van der Waals surface area contributed by atoms with Crippen molar-refractivity contribution in [3.63, 3.8) is 0 Å². The van der Waals surface area contributed by atoms with Crippen molar-refractivity contribution in [2.75, 3.05) is 11.9 Å². The summed E-state index contributed by atoms with van der Waals surface area (Å²) in [4.78, 5) is 26.1. The molecule has 1 saturated carbocycles. The molecule has 0 spiro atoms. The molecule has 0 atom stereocenters. The number of carbonyl (C=O) groups excluding carboxylic acids is 2. The van der Waals surface area contributed by atoms with Gasteiger partial charge >= 0.3 is 6.09 Å². The van der Waals surface area contributed by atoms with Crippen LogP contribution in [0.3, 0.4) is 0 Å². The molecule has 7 heteroatoms. The molecule has 7 nitrogen and oxygen atoms in total. The van der Waals surface area contributed by atoms with E-state index in [0.29, 0.717) is 25.3 Å². The summed E-state index contributed by atoms with van der Waals surface area (Å²) in [5, 5.41) is 10.2. The Morgan fingerprint density at radius 2 is 2.00 bits per heavy atom. The Bertz CT molecular complexity index is 626. The smallest absolute Gasteiger partial charge is 0.410 e. The van der Waals surface area contributed by atoms with Gasteiger partial charge in [0.25, 0.3) is 0 Å². The molecule has 0 radical (unpaired) electrons. The molecule has 1 aromatic heterocycles. The van der Waals surface area contributed by atoms with E-state index in [0.717, 1.165) is 36.9 Å². The molecule has 0 aromatic carbocycles. The average molecular weight is 334 g/mol. The number of fused-ring (bicyclic) bond motifs is 1. The Balaban J connectivity index is 1.63. The van der Waals surface area contributed by atoms with E-state index in [2.05, 4.69) is 15.5 Å². The highest BCUT2D eigenvalue weighted by atomic mass is 16.6. The van der Waals surface area contributed by atoms with Gasteiger partial charge in [-0.25, -0.2) is 4.79 Å². The summed E-state index contributed by atoms with van der Waals surface area (Å²) in [7, 11) is 0. The number of nitrogens with zero attached hydrogens (tertiary/aromatic N) is 2. The first-order valence-electron chi connectivity index (χ1n) is 8.68. The highest BCUT2D eigenvalue weighted by Crippen LogP contribution is 2.28. The summed E-state index contributed by atoms with van der Waals surface area (Å²) in [6.07, 6.45) is 4.52. The number of nitrogens with one attached hydrogen (secondary N) is 2. The van der Waals surface area contributed by atoms with Crippen molar-refractivity contribution in [2.45, 2.75) is 65.0 Å². The van der Waals surface area contributed by atoms with E-state index < -0.39 is 5.60 Å². The summed E-state index contributed by atoms with van der Waals surface area (Å²) in [6, 6.07) is 0. The highest BCUT2D eigenvalue weighted by molar-refractivity contribution is 5.92. The monoisotopic (exact) mass is 334 g/mol. The Kier molecular flexibility index (Phi) is 4.51. The van der Waals surface area contributed by atoms with Crippen LogP contribution in [0, 0.1) is 5.92 Å². The quantitative estimate of drug-likeness (QED) is 0.870. The third-order valence-corrected chi connectivity index (χ3v) is 4.55. The minimum absolute atomic E-state index is 0.0661. The van der Waals surface area contributed by atoms with Crippen LogP contribution in [-0.2, 0) is 22.5 Å². The van der Waals surface area contributed by atoms with Gasteiger partial charge in [0.05, 0.1) is 12.2 Å². The van der Waals surface area contributed by atoms with E-state index in [1.165, 1.54) is 0 Å². The van der Waals surface area contributed by atoms with Crippen molar-refractivity contribution in [1.82, 2.24) is 15.1 Å². The maximum absolute atomic E-state index is 12.3. The zero-order valence-electron chi connectivity index (χ0n) is 14.6. The predicted octanol–water partition coefficient (Wildman–Crippen LogP) is 2.83. The number of hydrogen-bond acceptors (Lipinski definition) is 4. The summed E-state index contributed by atoms with van der Waals surface area (Å²) in [5.74, 6) is 0.793. The van der Waals surface area contributed by atoms with Crippen LogP contribution in [0.1, 0.15) is 57.7 Å². The van der Waals surface area contributed by atoms with Gasteiger partial charge in [-0.1, -0.05) is 12.8 Å². The molecule has 0 bridgehead atoms. The van der Waals surface area contributed by atoms with Crippen LogP contribution < -0.4 is 5.32 Å². The van der Waals surface area contributed by atoms with E-state index >= 15 is 0 Å². The Morgan fingerprint density at radius 3 is 2.67 bits per heavy atom. The van der Waals surface area contributed by atoms with Crippen LogP contribution >= 0.6 is 0 Å². The lowest BCUT2D eigenvalue weighted by Crippen LogP contribution is -2.40. The van der Waals surface area contributed by atoms with Gasteiger partial charge in [0, 0.05) is 18.0 Å². The number of anilines is 1. The zero-order chi connectivity index (χ0) is 17.3. The van der Waals surface area contributed by atoms with Gasteiger partial charge in [0.1, 0.15) is 5.60 Å². The predicted molar refractivity (Wildman–Crippen MR) is 89.5 cm³/mol. The molecule has 2 aliphatic rings. The lowest BCUT2D eigenvalue weighted by Gasteiger charge is -2.29. The molecule has 24 heavy (non-hydrogen) atoms. The number of ether oxygens (including phenoxy) is 1. The molecule has 2 heterocycles. The topological polar surface area (TPSA) is 87.3 Å². The fourth-order valence-electron chi connectivity index (χ4n) is 3.31. The summed E-state index contributed by atoms with van der Waals surface area (Å²) >= 11 is 0. The number of aromatic nitrogens is 2. The third-order valence-electron chi connectivity index (χ3n) is 4.55. The van der Waals surface area contributed by atoms with E-state index in [-0.39, 0.29) is 17.9 Å². The van der Waals surface area contributed by atoms with Gasteiger partial charge < -0.3 is 15.0 Å². The summed E-state index contributed by atoms with van der Waals surface area (Å²) < 4.78 is 5.41. The van der Waals surface area contributed by atoms with Crippen molar-refractivity contribution < 1.29 is 14.3 Å². The largest absolute Gasteiger partial charge is 0.444 e. The third kappa shape index (κ3) is 3.71. The van der Waals surface area contributed by atoms with Gasteiger partial charge in [-0.3, -0.25) is 9.89 Å². The maximum Gasteiger partial charge on any atom is 0.410 e. The number of carbonyl (C=O) groups is 2. The van der Waals surface area contributed by atoms with Gasteiger partial charge in [-0.2, -0.15) is 5.10 Å². The maximum atomic E-state index is 12.3. The Labute approximate surface area is 142 Å². The van der Waals surface area contributed by atoms with Crippen LogP contribution in [0.15, 0.2) is 0 Å². The molecule has 3 rings (SSSR count). The number of aromatic amines is 1. The molecule has 132 valence electrons. The second kappa shape index (κ2) is 6.45. The lowest BCUT2D eigenvalue weighted by molar-refractivity contribution is -0.119. The Hall–Kier alpha value is -2.05. The summed E-state index contributed by atoms with van der Waals surface area (Å²) in [5.41, 5.74) is 1.36. The highest BCUT2D eigenvalue weighted by Gasteiger charge is 2.30. The van der Waals surface area contributed by atoms with E-state index in [4.69, 9.17) is 4.74 Å². The lowest BCUT2D eigenvalue weighted by atomic mass is 10.1. The van der Waals surface area contributed by atoms with E-state index in [1.807, 2.05) is 20.8 Å². The molecule has 1 aliphatic heterocycles. The van der Waals surface area contributed by atoms with Crippen LogP contribution in [-0.4, -0.2) is 39.2 Å². The number of rotatable bonds is 2. The van der Waals surface area contributed by atoms with Crippen LogP contribution in [0.4, 0.5) is 10.6 Å². The first-order valence-corrected chi connectivity index (χ1v) is 8.68. The molecule has 2 N–H and O–H groups in total. The molecular formula is C17H26N4O3. The van der Waals surface area contributed by atoms with Gasteiger partial charge in [0.15, 0.2) is 5.82 Å². The SMILES string of the molecule is CC(C)(C)OC(=O)N1CCc2c(NC(=O)C3CCCC3)n[nH]c2C1. The minimum Gasteiger partial charge on any atom is -0.444 e. The Morgan fingerprint density at radius 1 is 1.29 bits per heavy atom. The van der Waals surface area contributed by atoms with Crippen molar-refractivity contribution >= 4 is 17.8 Å². The number of hydrogen-bond donors (Lipinski definition) is 2. The van der Waals surface area contributed by atoms with Gasteiger partial charge in [-0.15, -0.1) is 0 Å². The number of H-pyrrole nitrogens is 1. The second-order valence-corrected chi connectivity index (χ2v) is 7.65. The van der Waals surface area contributed by atoms with Gasteiger partial charge in [-0.05, 0) is 40.0 Å². The normalized spacial score (nSPS) is 18.4. The van der Waals surface area contributed by atoms with Crippen LogP contribution in [0.5, 0.6) is 0 Å². The molecule has 1 fully saturated rings. The fourth-order valence-corrected chi connectivity index (χ4v) is 3.31. The number of amides is 2. The van der Waals surface area contributed by atoms with Crippen molar-refractivity contribution in [3.8, 4) is 0 Å². The van der Waals surface area contributed by atoms with Gasteiger partial charge in [0.2, 0.25) is 5.91 Å². The second-order valence-electron chi connectivity index (χ2n) is 7.65. The summed E-state index contributed by atoms with van der Waals surface area (Å²) in [6.45, 7) is 6.55. The zero-order valence-corrected chi connectivity index (χ0v) is 14.6. The molecule has 0 saturated heterocycles. The molecular weight excluding hydrogens is 308 g/mol. The average Bonchev–Trinajstić information content (AvgIpc) is 3.15. The van der Waals surface area contributed by atoms with E-state index in [9.17, 15) is 9.59 Å². The van der Waals surface area contributed by atoms with Crippen molar-refractivity contribution in [2.24, 2.45) is 5.92 Å². The van der Waals surface area contributed by atoms with Crippen LogP contribution in [0.2, 0.25) is 0 Å². The first kappa shape index (κ1) is 16.8. The first-order chi connectivity index (χ1) is 11.3. The molecule has 1 aromatic rings. The van der Waals surface area contributed by atoms with Crippen molar-refractivity contribution in [1.29, 1.82) is 0 Å². The van der Waals surface area contributed by atoms with Crippen molar-refractivity contribution in [3.05, 3.63) is 11.3 Å². The van der Waals surface area contributed by atoms with Crippen LogP contribution in [0.25, 0.3) is 0 Å². The molecule has 1 aliphatic carbocycles. The molecule has 0 unspecified atom stereocenters. The molecule has 2 amide bonds.